The lowest BCUT2D eigenvalue weighted by atomic mass is 10.1. The molecule has 2 N–H and O–H groups in total. The van der Waals surface area contributed by atoms with Gasteiger partial charge in [0, 0.05) is 36.9 Å². The van der Waals surface area contributed by atoms with E-state index >= 15 is 0 Å². The summed E-state index contributed by atoms with van der Waals surface area (Å²) in [6.45, 7) is 5.52. The van der Waals surface area contributed by atoms with Gasteiger partial charge in [0.1, 0.15) is 5.75 Å². The van der Waals surface area contributed by atoms with E-state index in [9.17, 15) is 14.4 Å². The van der Waals surface area contributed by atoms with Crippen molar-refractivity contribution < 1.29 is 9.53 Å². The summed E-state index contributed by atoms with van der Waals surface area (Å²) in [6, 6.07) is 7.80. The molecule has 27 heavy (non-hydrogen) atoms. The van der Waals surface area contributed by atoms with Crippen molar-refractivity contribution in [3.8, 4) is 5.75 Å². The largest absolute Gasteiger partial charge is 0.495 e. The van der Waals surface area contributed by atoms with Gasteiger partial charge in [0.2, 0.25) is 5.91 Å². The number of carbonyl (C=O) groups is 1. The van der Waals surface area contributed by atoms with Gasteiger partial charge in [0.25, 0.3) is 5.56 Å². The molecular weight excluding hydrogens is 348 g/mol. The number of rotatable bonds is 4. The summed E-state index contributed by atoms with van der Waals surface area (Å²) in [4.78, 5) is 44.8. The van der Waals surface area contributed by atoms with Gasteiger partial charge in [-0.1, -0.05) is 12.1 Å². The van der Waals surface area contributed by atoms with Crippen LogP contribution >= 0.6 is 0 Å². The predicted molar refractivity (Wildman–Crippen MR) is 103 cm³/mol. The number of amides is 1. The highest BCUT2D eigenvalue weighted by Gasteiger charge is 2.29. The third-order valence-corrected chi connectivity index (χ3v) is 4.96. The van der Waals surface area contributed by atoms with E-state index in [2.05, 4.69) is 14.9 Å². The first-order valence-electron chi connectivity index (χ1n) is 8.90. The van der Waals surface area contributed by atoms with E-state index in [0.717, 1.165) is 11.4 Å². The van der Waals surface area contributed by atoms with Crippen molar-refractivity contribution in [2.24, 2.45) is 0 Å². The number of methoxy groups -OCH3 is 1. The van der Waals surface area contributed by atoms with Gasteiger partial charge in [-0.3, -0.25) is 14.6 Å². The minimum absolute atomic E-state index is 0.0155. The normalized spacial score (nSPS) is 17.1. The molecule has 1 aliphatic heterocycles. The van der Waals surface area contributed by atoms with Crippen LogP contribution in [-0.4, -0.2) is 53.6 Å². The Balaban J connectivity index is 1.72. The Labute approximate surface area is 156 Å². The molecule has 1 saturated heterocycles. The maximum atomic E-state index is 12.8. The van der Waals surface area contributed by atoms with Crippen LogP contribution in [0.3, 0.4) is 0 Å². The van der Waals surface area contributed by atoms with Crippen LogP contribution in [0, 0.1) is 6.92 Å². The molecule has 1 aromatic heterocycles. The van der Waals surface area contributed by atoms with Crippen molar-refractivity contribution in [3.05, 3.63) is 56.4 Å². The molecule has 3 rings (SSSR count). The van der Waals surface area contributed by atoms with Gasteiger partial charge in [0.05, 0.1) is 19.2 Å². The molecule has 0 bridgehead atoms. The second kappa shape index (κ2) is 7.69. The average molecular weight is 372 g/mol. The molecule has 0 saturated carbocycles. The maximum absolute atomic E-state index is 12.8. The first-order valence-corrected chi connectivity index (χ1v) is 8.90. The van der Waals surface area contributed by atoms with Gasteiger partial charge in [-0.05, 0) is 26.0 Å². The standard InChI is InChI=1S/C19H24N4O4/c1-12-11-22(15-6-4-5-7-16(15)27-3)8-9-23(12)17(24)10-14-13(2)20-19(26)21-18(14)25/h4-7,12H,8-11H2,1-3H3,(H2,20,21,25,26)/t12-/m0/s1. The zero-order valence-electron chi connectivity index (χ0n) is 15.7. The highest BCUT2D eigenvalue weighted by atomic mass is 16.5. The molecule has 1 amide bonds. The molecule has 1 atom stereocenters. The van der Waals surface area contributed by atoms with Crippen molar-refractivity contribution in [1.82, 2.24) is 14.9 Å². The molecule has 0 unspecified atom stereocenters. The fourth-order valence-electron chi connectivity index (χ4n) is 3.53. The highest BCUT2D eigenvalue weighted by molar-refractivity contribution is 5.79. The summed E-state index contributed by atoms with van der Waals surface area (Å²) in [5.74, 6) is 0.683. The van der Waals surface area contributed by atoms with E-state index in [1.165, 1.54) is 0 Å². The molecule has 2 aromatic rings. The fourth-order valence-corrected chi connectivity index (χ4v) is 3.53. The molecule has 0 aliphatic carbocycles. The van der Waals surface area contributed by atoms with Gasteiger partial charge in [-0.2, -0.15) is 0 Å². The number of ether oxygens (including phenoxy) is 1. The number of hydrogen-bond donors (Lipinski definition) is 2. The molecule has 1 aliphatic rings. The van der Waals surface area contributed by atoms with Crippen LogP contribution in [0.5, 0.6) is 5.75 Å². The Morgan fingerprint density at radius 3 is 2.63 bits per heavy atom. The number of nitrogens with one attached hydrogen (secondary N) is 2. The van der Waals surface area contributed by atoms with E-state index in [1.54, 1.807) is 18.9 Å². The number of para-hydroxylation sites is 2. The summed E-state index contributed by atoms with van der Waals surface area (Å²) < 4.78 is 5.43. The molecule has 8 heteroatoms. The van der Waals surface area contributed by atoms with Crippen LogP contribution < -0.4 is 20.9 Å². The Morgan fingerprint density at radius 1 is 1.22 bits per heavy atom. The van der Waals surface area contributed by atoms with Crippen molar-refractivity contribution >= 4 is 11.6 Å². The Morgan fingerprint density at radius 2 is 1.96 bits per heavy atom. The lowest BCUT2D eigenvalue weighted by Gasteiger charge is -2.41. The Kier molecular flexibility index (Phi) is 5.34. The Hall–Kier alpha value is -3.03. The second-order valence-electron chi connectivity index (χ2n) is 6.74. The molecule has 1 aromatic carbocycles. The smallest absolute Gasteiger partial charge is 0.325 e. The average Bonchev–Trinajstić information content (AvgIpc) is 2.64. The first-order chi connectivity index (χ1) is 12.9. The topological polar surface area (TPSA) is 98.5 Å². The number of hydrogen-bond acceptors (Lipinski definition) is 5. The minimum atomic E-state index is -0.563. The number of aromatic nitrogens is 2. The number of aromatic amines is 2. The summed E-state index contributed by atoms with van der Waals surface area (Å²) in [6.07, 6.45) is -0.0308. The fraction of sp³-hybridized carbons (Fsp3) is 0.421. The third kappa shape index (κ3) is 3.89. The van der Waals surface area contributed by atoms with Crippen LogP contribution in [0.2, 0.25) is 0 Å². The monoisotopic (exact) mass is 372 g/mol. The summed E-state index contributed by atoms with van der Waals surface area (Å²) in [5.41, 5.74) is 0.667. The third-order valence-electron chi connectivity index (χ3n) is 4.96. The van der Waals surface area contributed by atoms with E-state index < -0.39 is 11.2 Å². The minimum Gasteiger partial charge on any atom is -0.495 e. The number of nitrogens with zero attached hydrogens (tertiary/aromatic N) is 2. The van der Waals surface area contributed by atoms with E-state index in [0.29, 0.717) is 30.9 Å². The summed E-state index contributed by atoms with van der Waals surface area (Å²) in [7, 11) is 1.64. The number of aryl methyl sites for hydroxylation is 1. The van der Waals surface area contributed by atoms with E-state index in [1.807, 2.05) is 31.2 Å². The van der Waals surface area contributed by atoms with Crippen molar-refractivity contribution in [3.63, 3.8) is 0 Å². The van der Waals surface area contributed by atoms with Crippen molar-refractivity contribution in [2.75, 3.05) is 31.6 Å². The second-order valence-corrected chi connectivity index (χ2v) is 6.74. The molecular formula is C19H24N4O4. The quantitative estimate of drug-likeness (QED) is 0.822. The number of H-pyrrole nitrogens is 2. The molecule has 2 heterocycles. The van der Waals surface area contributed by atoms with Crippen LogP contribution in [0.15, 0.2) is 33.9 Å². The van der Waals surface area contributed by atoms with Crippen molar-refractivity contribution in [2.45, 2.75) is 26.3 Å². The zero-order chi connectivity index (χ0) is 19.6. The molecule has 144 valence electrons. The summed E-state index contributed by atoms with van der Waals surface area (Å²) >= 11 is 0. The van der Waals surface area contributed by atoms with E-state index in [4.69, 9.17) is 4.74 Å². The van der Waals surface area contributed by atoms with Gasteiger partial charge < -0.3 is 19.5 Å². The molecule has 0 radical (unpaired) electrons. The van der Waals surface area contributed by atoms with Gasteiger partial charge in [-0.15, -0.1) is 0 Å². The zero-order valence-corrected chi connectivity index (χ0v) is 15.7. The maximum Gasteiger partial charge on any atom is 0.325 e. The van der Waals surface area contributed by atoms with Crippen LogP contribution in [0.25, 0.3) is 0 Å². The number of anilines is 1. The van der Waals surface area contributed by atoms with Gasteiger partial charge >= 0.3 is 5.69 Å². The van der Waals surface area contributed by atoms with Crippen LogP contribution in [-0.2, 0) is 11.2 Å². The van der Waals surface area contributed by atoms with Gasteiger partial charge in [-0.25, -0.2) is 4.79 Å². The SMILES string of the molecule is COc1ccccc1N1CCN(C(=O)Cc2c(C)[nH]c(=O)[nH]c2=O)[C@@H](C)C1. The van der Waals surface area contributed by atoms with Gasteiger partial charge in [0.15, 0.2) is 0 Å². The molecule has 1 fully saturated rings. The van der Waals surface area contributed by atoms with Crippen molar-refractivity contribution in [1.29, 1.82) is 0 Å². The number of piperazine rings is 1. The highest BCUT2D eigenvalue weighted by Crippen LogP contribution is 2.29. The number of benzene rings is 1. The predicted octanol–water partition coefficient (Wildman–Crippen LogP) is 0.660. The Bertz CT molecular complexity index is 949. The first kappa shape index (κ1) is 18.8. The lowest BCUT2D eigenvalue weighted by Crippen LogP contribution is -2.54. The van der Waals surface area contributed by atoms with Crippen LogP contribution in [0.4, 0.5) is 5.69 Å². The molecule has 0 spiro atoms. The number of carbonyl (C=O) groups excluding carboxylic acids is 1. The van der Waals surface area contributed by atoms with E-state index in [-0.39, 0.29) is 18.4 Å². The summed E-state index contributed by atoms with van der Waals surface area (Å²) in [5, 5.41) is 0. The molecule has 8 nitrogen and oxygen atoms in total. The van der Waals surface area contributed by atoms with Crippen LogP contribution in [0.1, 0.15) is 18.2 Å². The lowest BCUT2D eigenvalue weighted by molar-refractivity contribution is -0.132.